The van der Waals surface area contributed by atoms with Crippen LogP contribution in [0, 0.1) is 12.7 Å². The molecule has 1 N–H and O–H groups in total. The molecule has 2 aromatic rings. The molecule has 5 nitrogen and oxygen atoms in total. The number of carbonyl (C=O) groups excluding carboxylic acids is 1. The number of amides is 1. The van der Waals surface area contributed by atoms with Gasteiger partial charge in [0.25, 0.3) is 0 Å². The minimum absolute atomic E-state index is 0.00977. The van der Waals surface area contributed by atoms with Gasteiger partial charge in [0, 0.05) is 13.0 Å². The third kappa shape index (κ3) is 3.42. The van der Waals surface area contributed by atoms with Gasteiger partial charge in [-0.3, -0.25) is 9.89 Å². The van der Waals surface area contributed by atoms with E-state index in [4.69, 9.17) is 4.74 Å². The number of rotatable bonds is 4. The summed E-state index contributed by atoms with van der Waals surface area (Å²) >= 11 is 0. The van der Waals surface area contributed by atoms with Gasteiger partial charge in [-0.25, -0.2) is 4.39 Å². The van der Waals surface area contributed by atoms with Gasteiger partial charge in [0.1, 0.15) is 5.82 Å². The Morgan fingerprint density at radius 1 is 1.48 bits per heavy atom. The Bertz CT molecular complexity index is 686. The van der Waals surface area contributed by atoms with E-state index in [0.29, 0.717) is 31.7 Å². The van der Waals surface area contributed by atoms with Crippen molar-refractivity contribution in [2.45, 2.75) is 25.8 Å². The van der Waals surface area contributed by atoms with Gasteiger partial charge in [0.15, 0.2) is 0 Å². The maximum Gasteiger partial charge on any atom is 0.223 e. The van der Waals surface area contributed by atoms with Crippen molar-refractivity contribution in [3.05, 3.63) is 53.1 Å². The van der Waals surface area contributed by atoms with Crippen molar-refractivity contribution in [3.8, 4) is 0 Å². The Labute approximate surface area is 134 Å². The Morgan fingerprint density at radius 3 is 3.04 bits per heavy atom. The summed E-state index contributed by atoms with van der Waals surface area (Å²) in [6.45, 7) is 3.47. The largest absolute Gasteiger partial charge is 0.377 e. The summed E-state index contributed by atoms with van der Waals surface area (Å²) in [6, 6.07) is 6.43. The van der Waals surface area contributed by atoms with Crippen LogP contribution in [0.4, 0.5) is 4.39 Å². The average Bonchev–Trinajstić information content (AvgIpc) is 3.00. The molecule has 1 amide bonds. The second kappa shape index (κ2) is 6.91. The summed E-state index contributed by atoms with van der Waals surface area (Å²) in [5.74, 6) is -0.251. The van der Waals surface area contributed by atoms with Crippen molar-refractivity contribution in [2.24, 2.45) is 0 Å². The molecule has 122 valence electrons. The molecule has 0 radical (unpaired) electrons. The minimum atomic E-state index is -0.261. The van der Waals surface area contributed by atoms with Crippen LogP contribution in [0.3, 0.4) is 0 Å². The van der Waals surface area contributed by atoms with Gasteiger partial charge < -0.3 is 9.64 Å². The Kier molecular flexibility index (Phi) is 4.71. The molecule has 1 aromatic heterocycles. The van der Waals surface area contributed by atoms with Gasteiger partial charge in [0.05, 0.1) is 31.1 Å². The lowest BCUT2D eigenvalue weighted by atomic mass is 10.1. The SMILES string of the molecule is Cc1cn[nH]c1C1COCCN1C(=O)CCc1ccccc1F. The van der Waals surface area contributed by atoms with Crippen LogP contribution in [0.25, 0.3) is 0 Å². The van der Waals surface area contributed by atoms with Crippen molar-refractivity contribution in [1.29, 1.82) is 0 Å². The number of halogens is 1. The van der Waals surface area contributed by atoms with Gasteiger partial charge in [-0.05, 0) is 30.5 Å². The molecule has 6 heteroatoms. The summed E-state index contributed by atoms with van der Waals surface area (Å²) in [5, 5.41) is 6.99. The molecule has 0 spiro atoms. The van der Waals surface area contributed by atoms with Crippen molar-refractivity contribution >= 4 is 5.91 Å². The monoisotopic (exact) mass is 317 g/mol. The minimum Gasteiger partial charge on any atom is -0.377 e. The first-order valence-electron chi connectivity index (χ1n) is 7.77. The number of carbonyl (C=O) groups is 1. The van der Waals surface area contributed by atoms with Crippen LogP contribution in [-0.4, -0.2) is 40.8 Å². The summed E-state index contributed by atoms with van der Waals surface area (Å²) < 4.78 is 19.2. The molecule has 1 saturated heterocycles. The molecule has 1 aliphatic rings. The number of aryl methyl sites for hydroxylation is 2. The number of nitrogens with one attached hydrogen (secondary N) is 1. The molecule has 0 aliphatic carbocycles. The quantitative estimate of drug-likeness (QED) is 0.942. The van der Waals surface area contributed by atoms with Gasteiger partial charge >= 0.3 is 0 Å². The predicted molar refractivity (Wildman–Crippen MR) is 83.3 cm³/mol. The van der Waals surface area contributed by atoms with Crippen molar-refractivity contribution in [1.82, 2.24) is 15.1 Å². The topological polar surface area (TPSA) is 58.2 Å². The Hall–Kier alpha value is -2.21. The highest BCUT2D eigenvalue weighted by molar-refractivity contribution is 5.77. The van der Waals surface area contributed by atoms with Crippen LogP contribution in [0.1, 0.15) is 29.3 Å². The van der Waals surface area contributed by atoms with Gasteiger partial charge in [-0.15, -0.1) is 0 Å². The Morgan fingerprint density at radius 2 is 2.30 bits per heavy atom. The molecule has 1 atom stereocenters. The van der Waals surface area contributed by atoms with Crippen molar-refractivity contribution in [2.75, 3.05) is 19.8 Å². The lowest BCUT2D eigenvalue weighted by molar-refractivity contribution is -0.140. The smallest absolute Gasteiger partial charge is 0.223 e. The number of benzene rings is 1. The zero-order valence-corrected chi connectivity index (χ0v) is 13.1. The predicted octanol–water partition coefficient (Wildman–Crippen LogP) is 2.39. The highest BCUT2D eigenvalue weighted by Crippen LogP contribution is 2.26. The number of hydrogen-bond acceptors (Lipinski definition) is 3. The number of ether oxygens (including phenoxy) is 1. The van der Waals surface area contributed by atoms with Gasteiger partial charge in [0.2, 0.25) is 5.91 Å². The van der Waals surface area contributed by atoms with Crippen LogP contribution >= 0.6 is 0 Å². The van der Waals surface area contributed by atoms with E-state index in [1.165, 1.54) is 6.07 Å². The number of nitrogens with zero attached hydrogens (tertiary/aromatic N) is 2. The van der Waals surface area contributed by atoms with E-state index in [1.807, 2.05) is 11.8 Å². The summed E-state index contributed by atoms with van der Waals surface area (Å²) in [7, 11) is 0. The molecule has 1 aromatic carbocycles. The fourth-order valence-electron chi connectivity index (χ4n) is 2.92. The molecule has 1 unspecified atom stereocenters. The van der Waals surface area contributed by atoms with Crippen LogP contribution in [0.15, 0.2) is 30.5 Å². The van der Waals surface area contributed by atoms with Gasteiger partial charge in [-0.2, -0.15) is 5.10 Å². The van der Waals surface area contributed by atoms with E-state index in [1.54, 1.807) is 24.4 Å². The summed E-state index contributed by atoms with van der Waals surface area (Å²) in [5.41, 5.74) is 2.49. The summed E-state index contributed by atoms with van der Waals surface area (Å²) in [6.07, 6.45) is 2.42. The van der Waals surface area contributed by atoms with E-state index in [2.05, 4.69) is 10.2 Å². The lowest BCUT2D eigenvalue weighted by Crippen LogP contribution is -2.43. The molecule has 2 heterocycles. The molecule has 3 rings (SSSR count). The highest BCUT2D eigenvalue weighted by atomic mass is 19.1. The maximum absolute atomic E-state index is 13.7. The van der Waals surface area contributed by atoms with Crippen LogP contribution in [-0.2, 0) is 16.0 Å². The Balaban J connectivity index is 1.69. The van der Waals surface area contributed by atoms with Crippen molar-refractivity contribution in [3.63, 3.8) is 0 Å². The van der Waals surface area contributed by atoms with E-state index < -0.39 is 0 Å². The van der Waals surface area contributed by atoms with E-state index >= 15 is 0 Å². The number of H-pyrrole nitrogens is 1. The van der Waals surface area contributed by atoms with Crippen LogP contribution < -0.4 is 0 Å². The number of aromatic nitrogens is 2. The fourth-order valence-corrected chi connectivity index (χ4v) is 2.92. The third-order valence-corrected chi connectivity index (χ3v) is 4.22. The maximum atomic E-state index is 13.7. The van der Waals surface area contributed by atoms with Crippen LogP contribution in [0.5, 0.6) is 0 Å². The zero-order chi connectivity index (χ0) is 16.2. The van der Waals surface area contributed by atoms with Gasteiger partial charge in [-0.1, -0.05) is 18.2 Å². The number of hydrogen-bond donors (Lipinski definition) is 1. The fraction of sp³-hybridized carbons (Fsp3) is 0.412. The highest BCUT2D eigenvalue weighted by Gasteiger charge is 2.30. The lowest BCUT2D eigenvalue weighted by Gasteiger charge is -2.35. The molecule has 0 saturated carbocycles. The zero-order valence-electron chi connectivity index (χ0n) is 13.1. The third-order valence-electron chi connectivity index (χ3n) is 4.22. The van der Waals surface area contributed by atoms with Crippen LogP contribution in [0.2, 0.25) is 0 Å². The second-order valence-corrected chi connectivity index (χ2v) is 5.74. The number of aromatic amines is 1. The molecular formula is C17H20FN3O2. The number of morpholine rings is 1. The van der Waals surface area contributed by atoms with E-state index in [9.17, 15) is 9.18 Å². The first-order chi connectivity index (χ1) is 11.2. The standard InChI is InChI=1S/C17H20FN3O2/c1-12-10-19-20-17(12)15-11-23-9-8-21(15)16(22)7-6-13-4-2-3-5-14(13)18/h2-5,10,15H,6-9,11H2,1H3,(H,19,20). The molecular weight excluding hydrogens is 297 g/mol. The molecule has 1 fully saturated rings. The van der Waals surface area contributed by atoms with E-state index in [0.717, 1.165) is 11.3 Å². The molecule has 23 heavy (non-hydrogen) atoms. The van der Waals surface area contributed by atoms with Crippen molar-refractivity contribution < 1.29 is 13.9 Å². The van der Waals surface area contributed by atoms with E-state index in [-0.39, 0.29) is 24.2 Å². The second-order valence-electron chi connectivity index (χ2n) is 5.74. The molecule has 1 aliphatic heterocycles. The first kappa shape index (κ1) is 15.7. The summed E-state index contributed by atoms with van der Waals surface area (Å²) in [4.78, 5) is 14.4. The molecule has 0 bridgehead atoms. The average molecular weight is 317 g/mol. The first-order valence-corrected chi connectivity index (χ1v) is 7.77. The normalized spacial score (nSPS) is 18.2.